The second-order valence-electron chi connectivity index (χ2n) is 7.40. The highest BCUT2D eigenvalue weighted by Gasteiger charge is 2.42. The van der Waals surface area contributed by atoms with Gasteiger partial charge in [0.05, 0.1) is 11.8 Å². The number of likely N-dealkylation sites (tertiary alicyclic amines) is 1. The summed E-state index contributed by atoms with van der Waals surface area (Å²) in [6.45, 7) is 3.72. The van der Waals surface area contributed by atoms with Crippen molar-refractivity contribution in [3.05, 3.63) is 18.2 Å². The Morgan fingerprint density at radius 2 is 1.85 bits per heavy atom. The minimum Gasteiger partial charge on any atom is -0.486 e. The van der Waals surface area contributed by atoms with E-state index in [9.17, 15) is 19.5 Å². The number of carboxylic acids is 1. The molecule has 0 aromatic heterocycles. The molecule has 3 aliphatic rings. The topological polar surface area (TPSA) is 96.4 Å². The van der Waals surface area contributed by atoms with Crippen LogP contribution >= 0.6 is 0 Å². The number of aliphatic carboxylic acids is 1. The molecule has 4 rings (SSSR count). The lowest BCUT2D eigenvalue weighted by Gasteiger charge is -2.23. The maximum absolute atomic E-state index is 12.8. The van der Waals surface area contributed by atoms with Crippen LogP contribution in [0.4, 0.5) is 5.69 Å². The van der Waals surface area contributed by atoms with E-state index in [-0.39, 0.29) is 30.7 Å². The van der Waals surface area contributed by atoms with Crippen molar-refractivity contribution in [1.29, 1.82) is 0 Å². The molecule has 1 aromatic rings. The molecule has 0 bridgehead atoms. The van der Waals surface area contributed by atoms with E-state index in [0.717, 1.165) is 0 Å². The van der Waals surface area contributed by atoms with Crippen LogP contribution in [0.15, 0.2) is 18.2 Å². The monoisotopic (exact) mass is 374 g/mol. The zero-order valence-electron chi connectivity index (χ0n) is 15.1. The van der Waals surface area contributed by atoms with Gasteiger partial charge in [0.15, 0.2) is 11.5 Å². The maximum atomic E-state index is 12.8. The highest BCUT2D eigenvalue weighted by Crippen LogP contribution is 2.36. The van der Waals surface area contributed by atoms with Gasteiger partial charge in [-0.3, -0.25) is 14.4 Å². The van der Waals surface area contributed by atoms with E-state index >= 15 is 0 Å². The van der Waals surface area contributed by atoms with Crippen LogP contribution in [0.1, 0.15) is 13.3 Å². The molecule has 8 heteroatoms. The summed E-state index contributed by atoms with van der Waals surface area (Å²) < 4.78 is 11.1. The SMILES string of the molecule is C[C@@H]1CN(C(=O)C2CC(=O)N(c3ccc4c(c3)OCCO4)C2)C[C@H]1C(=O)O. The standard InChI is InChI=1S/C19H22N2O6/c1-11-8-20(10-14(11)19(24)25)18(23)12-6-17(22)21(9-12)13-2-3-15-16(7-13)27-5-4-26-15/h2-3,7,11-12,14H,4-6,8-10H2,1H3,(H,24,25)/t11-,12?,14-/m1/s1. The van der Waals surface area contributed by atoms with Crippen LogP contribution in [0.2, 0.25) is 0 Å². The van der Waals surface area contributed by atoms with Crippen LogP contribution in [0, 0.1) is 17.8 Å². The summed E-state index contributed by atoms with van der Waals surface area (Å²) >= 11 is 0. The number of hydrogen-bond donors (Lipinski definition) is 1. The number of fused-ring (bicyclic) bond motifs is 1. The molecule has 144 valence electrons. The molecular formula is C19H22N2O6. The average molecular weight is 374 g/mol. The smallest absolute Gasteiger partial charge is 0.308 e. The van der Waals surface area contributed by atoms with Crippen molar-refractivity contribution in [1.82, 2.24) is 4.90 Å². The molecule has 8 nitrogen and oxygen atoms in total. The summed E-state index contributed by atoms with van der Waals surface area (Å²) in [5, 5.41) is 9.26. The lowest BCUT2D eigenvalue weighted by atomic mass is 9.99. The van der Waals surface area contributed by atoms with E-state index in [2.05, 4.69) is 0 Å². The number of ether oxygens (including phenoxy) is 2. The predicted molar refractivity (Wildman–Crippen MR) is 94.8 cm³/mol. The van der Waals surface area contributed by atoms with Crippen molar-refractivity contribution in [2.75, 3.05) is 37.7 Å². The van der Waals surface area contributed by atoms with Crippen molar-refractivity contribution in [3.8, 4) is 11.5 Å². The summed E-state index contributed by atoms with van der Waals surface area (Å²) in [7, 11) is 0. The molecule has 0 radical (unpaired) electrons. The first-order valence-corrected chi connectivity index (χ1v) is 9.15. The highest BCUT2D eigenvalue weighted by molar-refractivity contribution is 6.00. The average Bonchev–Trinajstić information content (AvgIpc) is 3.24. The number of nitrogens with zero attached hydrogens (tertiary/aromatic N) is 2. The number of hydrogen-bond acceptors (Lipinski definition) is 5. The van der Waals surface area contributed by atoms with E-state index in [1.807, 2.05) is 6.92 Å². The minimum absolute atomic E-state index is 0.0857. The summed E-state index contributed by atoms with van der Waals surface area (Å²) in [6.07, 6.45) is 0.135. The molecular weight excluding hydrogens is 352 g/mol. The third-order valence-corrected chi connectivity index (χ3v) is 5.55. The molecule has 1 aromatic carbocycles. The third kappa shape index (κ3) is 3.20. The molecule has 3 heterocycles. The Balaban J connectivity index is 1.46. The number of carbonyl (C=O) groups excluding carboxylic acids is 2. The van der Waals surface area contributed by atoms with Crippen LogP contribution < -0.4 is 14.4 Å². The Bertz CT molecular complexity index is 794. The number of benzene rings is 1. The minimum atomic E-state index is -0.877. The van der Waals surface area contributed by atoms with E-state index in [1.165, 1.54) is 0 Å². The van der Waals surface area contributed by atoms with Gasteiger partial charge in [-0.15, -0.1) is 0 Å². The maximum Gasteiger partial charge on any atom is 0.308 e. The fourth-order valence-corrected chi connectivity index (χ4v) is 4.05. The molecule has 3 aliphatic heterocycles. The third-order valence-electron chi connectivity index (χ3n) is 5.55. The van der Waals surface area contributed by atoms with Crippen LogP contribution in [-0.4, -0.2) is 60.6 Å². The van der Waals surface area contributed by atoms with Crippen molar-refractivity contribution in [3.63, 3.8) is 0 Å². The second kappa shape index (κ2) is 6.75. The molecule has 0 saturated carbocycles. The Kier molecular flexibility index (Phi) is 4.41. The van der Waals surface area contributed by atoms with Crippen LogP contribution in [0.3, 0.4) is 0 Å². The van der Waals surface area contributed by atoms with Crippen LogP contribution in [0.5, 0.6) is 11.5 Å². The summed E-state index contributed by atoms with van der Waals surface area (Å²) in [6, 6.07) is 5.32. The molecule has 27 heavy (non-hydrogen) atoms. The molecule has 2 fully saturated rings. The van der Waals surface area contributed by atoms with Crippen LogP contribution in [-0.2, 0) is 14.4 Å². The zero-order valence-corrected chi connectivity index (χ0v) is 15.1. The lowest BCUT2D eigenvalue weighted by Crippen LogP contribution is -2.36. The van der Waals surface area contributed by atoms with E-state index < -0.39 is 17.8 Å². The first-order valence-electron chi connectivity index (χ1n) is 9.15. The number of amides is 2. The number of rotatable bonds is 3. The van der Waals surface area contributed by atoms with Gasteiger partial charge in [0.1, 0.15) is 13.2 Å². The van der Waals surface area contributed by atoms with Gasteiger partial charge in [0.2, 0.25) is 11.8 Å². The molecule has 1 N–H and O–H groups in total. The van der Waals surface area contributed by atoms with Crippen molar-refractivity contribution < 1.29 is 29.0 Å². The van der Waals surface area contributed by atoms with Crippen LogP contribution in [0.25, 0.3) is 0 Å². The lowest BCUT2D eigenvalue weighted by molar-refractivity contribution is -0.142. The highest BCUT2D eigenvalue weighted by atomic mass is 16.6. The van der Waals surface area contributed by atoms with Gasteiger partial charge in [0.25, 0.3) is 0 Å². The van der Waals surface area contributed by atoms with Gasteiger partial charge in [-0.2, -0.15) is 0 Å². The second-order valence-corrected chi connectivity index (χ2v) is 7.40. The summed E-state index contributed by atoms with van der Waals surface area (Å²) in [5.41, 5.74) is 0.678. The first-order chi connectivity index (χ1) is 12.9. The van der Waals surface area contributed by atoms with Gasteiger partial charge in [-0.25, -0.2) is 0 Å². The van der Waals surface area contributed by atoms with E-state index in [4.69, 9.17) is 9.47 Å². The Hall–Kier alpha value is -2.77. The largest absolute Gasteiger partial charge is 0.486 e. The summed E-state index contributed by atoms with van der Waals surface area (Å²) in [5.74, 6) is -0.971. The molecule has 0 aliphatic carbocycles. The van der Waals surface area contributed by atoms with E-state index in [1.54, 1.807) is 28.0 Å². The van der Waals surface area contributed by atoms with Gasteiger partial charge in [-0.1, -0.05) is 6.92 Å². The fraction of sp³-hybridized carbons (Fsp3) is 0.526. The summed E-state index contributed by atoms with van der Waals surface area (Å²) in [4.78, 5) is 39.8. The van der Waals surface area contributed by atoms with Crippen molar-refractivity contribution >= 4 is 23.5 Å². The molecule has 2 amide bonds. The Morgan fingerprint density at radius 3 is 2.56 bits per heavy atom. The molecule has 1 unspecified atom stereocenters. The molecule has 3 atom stereocenters. The zero-order chi connectivity index (χ0) is 19.1. The van der Waals surface area contributed by atoms with E-state index in [0.29, 0.717) is 43.5 Å². The van der Waals surface area contributed by atoms with Gasteiger partial charge in [0, 0.05) is 37.8 Å². The molecule has 2 saturated heterocycles. The quantitative estimate of drug-likeness (QED) is 0.848. The van der Waals surface area contributed by atoms with Gasteiger partial charge in [-0.05, 0) is 18.1 Å². The number of anilines is 1. The Morgan fingerprint density at radius 1 is 1.11 bits per heavy atom. The predicted octanol–water partition coefficient (Wildman–Crippen LogP) is 0.990. The van der Waals surface area contributed by atoms with Crippen molar-refractivity contribution in [2.24, 2.45) is 17.8 Å². The fourth-order valence-electron chi connectivity index (χ4n) is 4.05. The Labute approximate surface area is 156 Å². The molecule has 0 spiro atoms. The van der Waals surface area contributed by atoms with Gasteiger partial charge < -0.3 is 24.4 Å². The number of carboxylic acid groups (broad SMARTS) is 1. The normalized spacial score (nSPS) is 27.1. The van der Waals surface area contributed by atoms with Crippen molar-refractivity contribution in [2.45, 2.75) is 13.3 Å². The first kappa shape index (κ1) is 17.6. The van der Waals surface area contributed by atoms with Gasteiger partial charge >= 0.3 is 5.97 Å². The number of carbonyl (C=O) groups is 3.